The normalized spacial score (nSPS) is 11.1. The Morgan fingerprint density at radius 2 is 1.92 bits per heavy atom. The lowest BCUT2D eigenvalue weighted by atomic mass is 10.1. The molecule has 0 aliphatic heterocycles. The highest BCUT2D eigenvalue weighted by molar-refractivity contribution is 6.08. The minimum atomic E-state index is -0.221. The lowest BCUT2D eigenvalue weighted by Gasteiger charge is -2.03. The van der Waals surface area contributed by atoms with Gasteiger partial charge in [0.25, 0.3) is 5.91 Å². The van der Waals surface area contributed by atoms with Crippen LogP contribution in [-0.4, -0.2) is 25.7 Å². The number of nitrogens with one attached hydrogen (secondary N) is 1. The molecule has 118 valence electrons. The number of rotatable bonds is 2. The molecule has 0 atom stereocenters. The Labute approximate surface area is 138 Å². The summed E-state index contributed by atoms with van der Waals surface area (Å²) in [5.74, 6) is 0.283. The lowest BCUT2D eigenvalue weighted by Crippen LogP contribution is -2.12. The lowest BCUT2D eigenvalue weighted by molar-refractivity contribution is 0.102. The van der Waals surface area contributed by atoms with Crippen LogP contribution in [0.5, 0.6) is 0 Å². The number of carbonyl (C=O) groups excluding carboxylic acids is 1. The van der Waals surface area contributed by atoms with Crippen molar-refractivity contribution >= 4 is 33.7 Å². The van der Waals surface area contributed by atoms with Gasteiger partial charge >= 0.3 is 0 Å². The first-order valence-corrected chi connectivity index (χ1v) is 7.57. The van der Waals surface area contributed by atoms with Crippen molar-refractivity contribution < 1.29 is 4.79 Å². The molecular formula is C18H15N5O. The fourth-order valence-electron chi connectivity index (χ4n) is 2.71. The van der Waals surface area contributed by atoms with E-state index in [1.54, 1.807) is 29.2 Å². The SMILES string of the molecule is Cc1ccc2cc3c(NC(=O)c4ccncc4)nn(C)c3nc2c1. The third kappa shape index (κ3) is 2.38. The van der Waals surface area contributed by atoms with E-state index >= 15 is 0 Å². The molecule has 0 saturated carbocycles. The van der Waals surface area contributed by atoms with Gasteiger partial charge in [-0.3, -0.25) is 9.78 Å². The van der Waals surface area contributed by atoms with Crippen LogP contribution in [0.3, 0.4) is 0 Å². The number of pyridine rings is 2. The molecule has 0 aliphatic carbocycles. The van der Waals surface area contributed by atoms with Crippen molar-refractivity contribution in [1.82, 2.24) is 19.7 Å². The zero-order chi connectivity index (χ0) is 16.7. The predicted octanol–water partition coefficient (Wildman–Crippen LogP) is 3.08. The molecule has 1 amide bonds. The molecule has 3 heterocycles. The van der Waals surface area contributed by atoms with Gasteiger partial charge in [0.15, 0.2) is 11.5 Å². The van der Waals surface area contributed by atoms with Crippen LogP contribution in [0.15, 0.2) is 48.8 Å². The second-order valence-electron chi connectivity index (χ2n) is 5.72. The van der Waals surface area contributed by atoms with Gasteiger partial charge in [-0.1, -0.05) is 12.1 Å². The van der Waals surface area contributed by atoms with Crippen LogP contribution in [0.1, 0.15) is 15.9 Å². The molecule has 0 spiro atoms. The maximum absolute atomic E-state index is 12.4. The zero-order valence-electron chi connectivity index (χ0n) is 13.3. The first-order valence-electron chi connectivity index (χ1n) is 7.57. The summed E-state index contributed by atoms with van der Waals surface area (Å²) in [6.45, 7) is 2.04. The van der Waals surface area contributed by atoms with Crippen LogP contribution in [-0.2, 0) is 7.05 Å². The van der Waals surface area contributed by atoms with Crippen molar-refractivity contribution in [1.29, 1.82) is 0 Å². The Balaban J connectivity index is 1.81. The zero-order valence-corrected chi connectivity index (χ0v) is 13.3. The summed E-state index contributed by atoms with van der Waals surface area (Å²) in [7, 11) is 1.82. The number of amides is 1. The number of nitrogens with zero attached hydrogens (tertiary/aromatic N) is 4. The Hall–Kier alpha value is -3.28. The van der Waals surface area contributed by atoms with Crippen molar-refractivity contribution in [3.05, 3.63) is 59.9 Å². The summed E-state index contributed by atoms with van der Waals surface area (Å²) in [6.07, 6.45) is 3.17. The van der Waals surface area contributed by atoms with E-state index in [4.69, 9.17) is 0 Å². The van der Waals surface area contributed by atoms with E-state index in [2.05, 4.69) is 20.4 Å². The average molecular weight is 317 g/mol. The third-order valence-corrected chi connectivity index (χ3v) is 3.94. The summed E-state index contributed by atoms with van der Waals surface area (Å²) in [4.78, 5) is 21.0. The number of hydrogen-bond donors (Lipinski definition) is 1. The minimum Gasteiger partial charge on any atom is -0.304 e. The number of aryl methyl sites for hydroxylation is 2. The van der Waals surface area contributed by atoms with Crippen LogP contribution in [0, 0.1) is 6.92 Å². The number of aromatic nitrogens is 4. The van der Waals surface area contributed by atoms with E-state index in [0.29, 0.717) is 11.4 Å². The van der Waals surface area contributed by atoms with Gasteiger partial charge in [0.2, 0.25) is 0 Å². The number of benzene rings is 1. The van der Waals surface area contributed by atoms with E-state index < -0.39 is 0 Å². The molecular weight excluding hydrogens is 302 g/mol. The van der Waals surface area contributed by atoms with Crippen LogP contribution in [0.25, 0.3) is 21.9 Å². The second-order valence-corrected chi connectivity index (χ2v) is 5.72. The molecule has 6 heteroatoms. The Bertz CT molecular complexity index is 1070. The number of fused-ring (bicyclic) bond motifs is 2. The van der Waals surface area contributed by atoms with Crippen LogP contribution < -0.4 is 5.32 Å². The van der Waals surface area contributed by atoms with Crippen LogP contribution >= 0.6 is 0 Å². The molecule has 1 N–H and O–H groups in total. The van der Waals surface area contributed by atoms with Gasteiger partial charge in [-0.15, -0.1) is 0 Å². The van der Waals surface area contributed by atoms with E-state index in [0.717, 1.165) is 27.5 Å². The third-order valence-electron chi connectivity index (χ3n) is 3.94. The van der Waals surface area contributed by atoms with Crippen LogP contribution in [0.4, 0.5) is 5.82 Å². The predicted molar refractivity (Wildman–Crippen MR) is 92.9 cm³/mol. The van der Waals surface area contributed by atoms with Gasteiger partial charge in [0, 0.05) is 30.4 Å². The topological polar surface area (TPSA) is 72.7 Å². The summed E-state index contributed by atoms with van der Waals surface area (Å²) in [5.41, 5.74) is 3.34. The molecule has 0 saturated heterocycles. The molecule has 0 bridgehead atoms. The van der Waals surface area contributed by atoms with Crippen molar-refractivity contribution in [2.45, 2.75) is 6.92 Å². The Morgan fingerprint density at radius 3 is 2.71 bits per heavy atom. The van der Waals surface area contributed by atoms with Crippen molar-refractivity contribution in [2.24, 2.45) is 7.05 Å². The van der Waals surface area contributed by atoms with E-state index in [-0.39, 0.29) is 5.91 Å². The summed E-state index contributed by atoms with van der Waals surface area (Å²) in [6, 6.07) is 11.4. The fraction of sp³-hybridized carbons (Fsp3) is 0.111. The molecule has 24 heavy (non-hydrogen) atoms. The quantitative estimate of drug-likeness (QED) is 0.616. The van der Waals surface area contributed by atoms with Crippen LogP contribution in [0.2, 0.25) is 0 Å². The first kappa shape index (κ1) is 14.3. The molecule has 3 aromatic heterocycles. The molecule has 0 aliphatic rings. The highest BCUT2D eigenvalue weighted by atomic mass is 16.1. The van der Waals surface area contributed by atoms with Gasteiger partial charge in [-0.25, -0.2) is 9.67 Å². The minimum absolute atomic E-state index is 0.221. The monoisotopic (exact) mass is 317 g/mol. The van der Waals surface area contributed by atoms with Gasteiger partial charge in [-0.05, 0) is 36.8 Å². The fourth-order valence-corrected chi connectivity index (χ4v) is 2.71. The molecule has 1 aromatic carbocycles. The van der Waals surface area contributed by atoms with Gasteiger partial charge in [-0.2, -0.15) is 5.10 Å². The summed E-state index contributed by atoms with van der Waals surface area (Å²) < 4.78 is 1.68. The highest BCUT2D eigenvalue weighted by Gasteiger charge is 2.14. The van der Waals surface area contributed by atoms with Crippen molar-refractivity contribution in [2.75, 3.05) is 5.32 Å². The van der Waals surface area contributed by atoms with Gasteiger partial charge in [0.1, 0.15) is 0 Å². The van der Waals surface area contributed by atoms with E-state index in [1.807, 2.05) is 38.2 Å². The summed E-state index contributed by atoms with van der Waals surface area (Å²) in [5, 5.41) is 9.10. The van der Waals surface area contributed by atoms with E-state index in [9.17, 15) is 4.79 Å². The second kappa shape index (κ2) is 5.42. The maximum atomic E-state index is 12.4. The molecule has 4 aromatic rings. The summed E-state index contributed by atoms with van der Waals surface area (Å²) >= 11 is 0. The standard InChI is InChI=1S/C18H15N5O/c1-11-3-4-13-10-14-16(21-18(24)12-5-7-19-8-6-12)22-23(2)17(14)20-15(13)9-11/h3-10H,1-2H3,(H,21,22,24). The smallest absolute Gasteiger partial charge is 0.256 e. The molecule has 4 rings (SSSR count). The van der Waals surface area contributed by atoms with E-state index in [1.165, 1.54) is 0 Å². The molecule has 0 unspecified atom stereocenters. The van der Waals surface area contributed by atoms with Crippen molar-refractivity contribution in [3.8, 4) is 0 Å². The van der Waals surface area contributed by atoms with Gasteiger partial charge in [0.05, 0.1) is 10.9 Å². The largest absolute Gasteiger partial charge is 0.304 e. The molecule has 0 radical (unpaired) electrons. The number of hydrogen-bond acceptors (Lipinski definition) is 4. The maximum Gasteiger partial charge on any atom is 0.256 e. The number of anilines is 1. The number of carbonyl (C=O) groups is 1. The Kier molecular flexibility index (Phi) is 3.23. The van der Waals surface area contributed by atoms with Gasteiger partial charge < -0.3 is 5.32 Å². The first-order chi connectivity index (χ1) is 11.6. The molecule has 0 fully saturated rings. The average Bonchev–Trinajstić information content (AvgIpc) is 2.89. The highest BCUT2D eigenvalue weighted by Crippen LogP contribution is 2.26. The van der Waals surface area contributed by atoms with Crippen molar-refractivity contribution in [3.63, 3.8) is 0 Å². The molecule has 6 nitrogen and oxygen atoms in total. The Morgan fingerprint density at radius 1 is 1.12 bits per heavy atom.